The van der Waals surface area contributed by atoms with Crippen LogP contribution in [0.25, 0.3) is 0 Å². The second-order valence-corrected chi connectivity index (χ2v) is 7.22. The zero-order chi connectivity index (χ0) is 16.2. The van der Waals surface area contributed by atoms with Crippen LogP contribution in [0.1, 0.15) is 16.5 Å². The van der Waals surface area contributed by atoms with E-state index in [1.54, 1.807) is 25.6 Å². The predicted octanol–water partition coefficient (Wildman–Crippen LogP) is 4.37. The van der Waals surface area contributed by atoms with Crippen LogP contribution < -0.4 is 14.8 Å². The van der Waals surface area contributed by atoms with Crippen LogP contribution in [0.4, 0.5) is 0 Å². The first-order valence-corrected chi connectivity index (χ1v) is 9.31. The molecule has 1 fully saturated rings. The average Bonchev–Trinajstić information content (AvgIpc) is 3.11. The van der Waals surface area contributed by atoms with Gasteiger partial charge >= 0.3 is 0 Å². The van der Waals surface area contributed by atoms with Crippen LogP contribution in [-0.2, 0) is 0 Å². The van der Waals surface area contributed by atoms with E-state index in [0.29, 0.717) is 0 Å². The summed E-state index contributed by atoms with van der Waals surface area (Å²) in [7, 11) is 3.38. The van der Waals surface area contributed by atoms with Gasteiger partial charge in [0, 0.05) is 31.1 Å². The molecule has 8 heteroatoms. The molecule has 25 heavy (non-hydrogen) atoms. The van der Waals surface area contributed by atoms with E-state index >= 15 is 0 Å². The molecule has 2 aromatic rings. The number of hydrogen-bond acceptors (Lipinski definition) is 5. The molecule has 3 rings (SSSR count). The lowest BCUT2D eigenvalue weighted by Gasteiger charge is -2.35. The van der Waals surface area contributed by atoms with E-state index in [1.165, 1.54) is 10.4 Å². The standard InChI is InChI=1S/C17H21BrN2O2S.2ClH/c1-21-13-10-12(11-14(22-2)16(13)18)17(15-4-3-9-23-15)20-7-5-19-6-8-20;;/h3-4,9-11,17,19H,5-8H2,1-2H3;2*1H/t17-;;/m1../s1. The Hall–Kier alpha value is -0.500. The van der Waals surface area contributed by atoms with Crippen molar-refractivity contribution in [2.75, 3.05) is 40.4 Å². The van der Waals surface area contributed by atoms with Gasteiger partial charge in [0.2, 0.25) is 0 Å². The SMILES string of the molecule is COc1cc([C@H](c2cccs2)N2CCNCC2)cc(OC)c1Br.Cl.Cl. The van der Waals surface area contributed by atoms with Crippen LogP contribution >= 0.6 is 52.1 Å². The highest BCUT2D eigenvalue weighted by Crippen LogP contribution is 2.41. The van der Waals surface area contributed by atoms with Crippen LogP contribution in [0, 0.1) is 0 Å². The Kier molecular flexibility index (Phi) is 9.56. The highest BCUT2D eigenvalue weighted by Gasteiger charge is 2.26. The number of halogens is 3. The molecule has 1 N–H and O–H groups in total. The smallest absolute Gasteiger partial charge is 0.137 e. The van der Waals surface area contributed by atoms with E-state index < -0.39 is 0 Å². The molecule has 1 saturated heterocycles. The largest absolute Gasteiger partial charge is 0.495 e. The Bertz CT molecular complexity index is 627. The summed E-state index contributed by atoms with van der Waals surface area (Å²) < 4.78 is 11.9. The second kappa shape index (κ2) is 10.6. The summed E-state index contributed by atoms with van der Waals surface area (Å²) in [5, 5.41) is 5.56. The fraction of sp³-hybridized carbons (Fsp3) is 0.412. The molecule has 1 aromatic carbocycles. The molecule has 0 unspecified atom stereocenters. The molecule has 0 aliphatic carbocycles. The predicted molar refractivity (Wildman–Crippen MR) is 112 cm³/mol. The zero-order valence-electron chi connectivity index (χ0n) is 14.2. The lowest BCUT2D eigenvalue weighted by molar-refractivity contribution is 0.200. The summed E-state index contributed by atoms with van der Waals surface area (Å²) in [5.74, 6) is 1.60. The first kappa shape index (κ1) is 22.5. The van der Waals surface area contributed by atoms with Gasteiger partial charge < -0.3 is 14.8 Å². The van der Waals surface area contributed by atoms with Crippen molar-refractivity contribution >= 4 is 52.1 Å². The molecule has 0 saturated carbocycles. The summed E-state index contributed by atoms with van der Waals surface area (Å²) in [6, 6.07) is 8.77. The number of rotatable bonds is 5. The van der Waals surface area contributed by atoms with Crippen molar-refractivity contribution in [2.24, 2.45) is 0 Å². The maximum Gasteiger partial charge on any atom is 0.137 e. The zero-order valence-corrected chi connectivity index (χ0v) is 18.2. The van der Waals surface area contributed by atoms with Crippen molar-refractivity contribution in [1.29, 1.82) is 0 Å². The lowest BCUT2D eigenvalue weighted by atomic mass is 10.0. The molecule has 1 atom stereocenters. The number of nitrogens with zero attached hydrogens (tertiary/aromatic N) is 1. The van der Waals surface area contributed by atoms with Crippen LogP contribution in [-0.4, -0.2) is 45.3 Å². The van der Waals surface area contributed by atoms with Crippen molar-refractivity contribution in [3.05, 3.63) is 44.6 Å². The van der Waals surface area contributed by atoms with Crippen LogP contribution in [0.3, 0.4) is 0 Å². The molecule has 1 aromatic heterocycles. The van der Waals surface area contributed by atoms with E-state index in [0.717, 1.165) is 42.2 Å². The Morgan fingerprint density at radius 3 is 2.20 bits per heavy atom. The fourth-order valence-corrected chi connectivity index (χ4v) is 4.43. The van der Waals surface area contributed by atoms with Gasteiger partial charge in [0.05, 0.1) is 20.3 Å². The van der Waals surface area contributed by atoms with E-state index in [4.69, 9.17) is 9.47 Å². The minimum Gasteiger partial charge on any atom is -0.495 e. The van der Waals surface area contributed by atoms with Crippen LogP contribution in [0.15, 0.2) is 34.1 Å². The minimum atomic E-state index is 0. The monoisotopic (exact) mass is 468 g/mol. The third kappa shape index (κ3) is 5.02. The van der Waals surface area contributed by atoms with Gasteiger partial charge in [-0.2, -0.15) is 0 Å². The quantitative estimate of drug-likeness (QED) is 0.704. The Morgan fingerprint density at radius 2 is 1.72 bits per heavy atom. The molecular formula is C17H23BrCl2N2O2S. The third-order valence-electron chi connectivity index (χ3n) is 4.11. The number of piperazine rings is 1. The van der Waals surface area contributed by atoms with Crippen molar-refractivity contribution in [3.63, 3.8) is 0 Å². The number of benzene rings is 1. The Balaban J connectivity index is 0.00000156. The summed E-state index contributed by atoms with van der Waals surface area (Å²) in [6.45, 7) is 4.10. The van der Waals surface area contributed by atoms with Gasteiger partial charge in [-0.05, 0) is 45.1 Å². The molecule has 140 valence electrons. The number of nitrogens with one attached hydrogen (secondary N) is 1. The lowest BCUT2D eigenvalue weighted by Crippen LogP contribution is -2.45. The molecule has 0 bridgehead atoms. The van der Waals surface area contributed by atoms with Gasteiger partial charge in [0.1, 0.15) is 16.0 Å². The molecule has 1 aliphatic heterocycles. The van der Waals surface area contributed by atoms with Gasteiger partial charge in [-0.3, -0.25) is 4.90 Å². The van der Waals surface area contributed by atoms with E-state index in [9.17, 15) is 0 Å². The fourth-order valence-electron chi connectivity index (χ4n) is 2.99. The maximum absolute atomic E-state index is 5.53. The Morgan fingerprint density at radius 1 is 1.12 bits per heavy atom. The second-order valence-electron chi connectivity index (χ2n) is 5.44. The van der Waals surface area contributed by atoms with Gasteiger partial charge in [0.25, 0.3) is 0 Å². The summed E-state index contributed by atoms with van der Waals surface area (Å²) in [4.78, 5) is 3.86. The molecule has 2 heterocycles. The van der Waals surface area contributed by atoms with Crippen molar-refractivity contribution < 1.29 is 9.47 Å². The molecule has 4 nitrogen and oxygen atoms in total. The third-order valence-corrected chi connectivity index (χ3v) is 5.82. The summed E-state index contributed by atoms with van der Waals surface area (Å²) in [5.41, 5.74) is 1.20. The minimum absolute atomic E-state index is 0. The normalized spacial score (nSPS) is 15.6. The van der Waals surface area contributed by atoms with Gasteiger partial charge in [-0.1, -0.05) is 6.07 Å². The van der Waals surface area contributed by atoms with Gasteiger partial charge in [-0.25, -0.2) is 0 Å². The highest BCUT2D eigenvalue weighted by molar-refractivity contribution is 9.10. The summed E-state index contributed by atoms with van der Waals surface area (Å²) in [6.07, 6.45) is 0. The highest BCUT2D eigenvalue weighted by atomic mass is 79.9. The van der Waals surface area contributed by atoms with E-state index in [-0.39, 0.29) is 30.9 Å². The number of methoxy groups -OCH3 is 2. The van der Waals surface area contributed by atoms with E-state index in [2.05, 4.69) is 55.8 Å². The number of thiophene rings is 1. The Labute approximate surface area is 173 Å². The molecule has 0 spiro atoms. The van der Waals surface area contributed by atoms with Gasteiger partial charge in [0.15, 0.2) is 0 Å². The van der Waals surface area contributed by atoms with Crippen molar-refractivity contribution in [2.45, 2.75) is 6.04 Å². The van der Waals surface area contributed by atoms with Gasteiger partial charge in [-0.15, -0.1) is 36.2 Å². The molecule has 0 amide bonds. The topological polar surface area (TPSA) is 33.7 Å². The first-order valence-electron chi connectivity index (χ1n) is 7.64. The number of ether oxygens (including phenoxy) is 2. The first-order chi connectivity index (χ1) is 11.2. The number of hydrogen-bond donors (Lipinski definition) is 1. The average molecular weight is 470 g/mol. The van der Waals surface area contributed by atoms with E-state index in [1.807, 2.05) is 0 Å². The molecular weight excluding hydrogens is 447 g/mol. The van der Waals surface area contributed by atoms with Crippen LogP contribution in [0.5, 0.6) is 11.5 Å². The maximum atomic E-state index is 5.53. The summed E-state index contributed by atoms with van der Waals surface area (Å²) >= 11 is 5.35. The molecule has 0 radical (unpaired) electrons. The van der Waals surface area contributed by atoms with Crippen LogP contribution in [0.2, 0.25) is 0 Å². The van der Waals surface area contributed by atoms with Crippen molar-refractivity contribution in [1.82, 2.24) is 10.2 Å². The molecule has 1 aliphatic rings. The van der Waals surface area contributed by atoms with Crippen molar-refractivity contribution in [3.8, 4) is 11.5 Å².